The minimum atomic E-state index is -0.360. The molecule has 0 fully saturated rings. The normalized spacial score (nSPS) is 11.8. The van der Waals surface area contributed by atoms with E-state index in [-0.39, 0.29) is 49.5 Å². The molecule has 0 aliphatic heterocycles. The smallest absolute Gasteiger partial charge is 0.136 e. The molecule has 0 spiro atoms. The van der Waals surface area contributed by atoms with Crippen molar-refractivity contribution in [3.05, 3.63) is 180 Å². The van der Waals surface area contributed by atoms with E-state index in [1.807, 2.05) is 30.5 Å². The molecule has 5 heteroatoms. The minimum absolute atomic E-state index is 0. The van der Waals surface area contributed by atoms with Gasteiger partial charge in [-0.3, -0.25) is 4.98 Å². The Labute approximate surface area is 360 Å². The molecule has 0 atom stereocenters. The molecule has 2 heterocycles. The molecule has 1 N–H and O–H groups in total. The van der Waals surface area contributed by atoms with E-state index in [9.17, 15) is 5.11 Å². The van der Waals surface area contributed by atoms with E-state index >= 15 is 0 Å². The van der Waals surface area contributed by atoms with Crippen LogP contribution < -0.4 is 4.90 Å². The second kappa shape index (κ2) is 17.3. The van der Waals surface area contributed by atoms with Crippen LogP contribution in [0.1, 0.15) is 102 Å². The summed E-state index contributed by atoms with van der Waals surface area (Å²) in [7, 11) is 0. The minimum Gasteiger partial charge on any atom is -0.507 e. The third-order valence-corrected chi connectivity index (χ3v) is 11.1. The Hall–Kier alpha value is -5.31. The topological polar surface area (TPSA) is 49.2 Å². The summed E-state index contributed by atoms with van der Waals surface area (Å²) >= 11 is 0. The van der Waals surface area contributed by atoms with Gasteiger partial charge in [0.25, 0.3) is 0 Å². The van der Waals surface area contributed by atoms with Crippen LogP contribution in [-0.4, -0.2) is 15.1 Å². The SMILES string of the molecule is CC(C)c1cc(-c2ccccc2)cc(C(C)C)c1N(c1[c-]c(-c2cc(C(C)(C)c3ccccc3)cc(-c3ccccc3O)n2)cc(C(C)(C)C)c1)c1ccccn1.[Pt]. The Morgan fingerprint density at radius 2 is 1.17 bits per heavy atom. The van der Waals surface area contributed by atoms with Crippen molar-refractivity contribution < 1.29 is 26.2 Å². The molecule has 298 valence electrons. The second-order valence-electron chi connectivity index (χ2n) is 17.3. The number of anilines is 3. The molecule has 7 rings (SSSR count). The number of aromatic hydroxyl groups is 1. The predicted octanol–water partition coefficient (Wildman–Crippen LogP) is 14.3. The van der Waals surface area contributed by atoms with Crippen molar-refractivity contribution in [2.24, 2.45) is 0 Å². The Balaban J connectivity index is 0.00000567. The summed E-state index contributed by atoms with van der Waals surface area (Å²) in [6.07, 6.45) is 1.87. The monoisotopic (exact) mass is 943 g/mol. The standard InChI is InChI=1S/C53H54N3O.Pt/c1-35(2)45-30-38(37-20-12-10-13-21-37)31-46(36(3)4)51(45)56(50-26-18-19-27-54-50)43-29-39(28-41(32-43)52(5,6)7)47-33-42(53(8,9)40-22-14-11-15-23-40)34-48(55-47)44-24-16-17-25-49(44)57;/h10-28,30-36,57H,1-9H3;/q-1;. The molecule has 0 unspecified atom stereocenters. The quantitative estimate of drug-likeness (QED) is 0.139. The first-order valence-corrected chi connectivity index (χ1v) is 20.1. The molecule has 58 heavy (non-hydrogen) atoms. The van der Waals surface area contributed by atoms with Crippen molar-refractivity contribution in [1.29, 1.82) is 0 Å². The van der Waals surface area contributed by atoms with E-state index in [4.69, 9.17) is 9.97 Å². The van der Waals surface area contributed by atoms with E-state index in [0.29, 0.717) is 11.3 Å². The van der Waals surface area contributed by atoms with E-state index in [1.165, 1.54) is 27.8 Å². The summed E-state index contributed by atoms with van der Waals surface area (Å²) in [6, 6.07) is 52.3. The van der Waals surface area contributed by atoms with Gasteiger partial charge in [0.2, 0.25) is 0 Å². The summed E-state index contributed by atoms with van der Waals surface area (Å²) in [5.41, 5.74) is 12.9. The fourth-order valence-electron chi connectivity index (χ4n) is 7.59. The van der Waals surface area contributed by atoms with Gasteiger partial charge in [0, 0.05) is 38.2 Å². The summed E-state index contributed by atoms with van der Waals surface area (Å²) < 4.78 is 0. The fraction of sp³-hybridized carbons (Fsp3) is 0.245. The van der Waals surface area contributed by atoms with Crippen LogP contribution >= 0.6 is 0 Å². The maximum absolute atomic E-state index is 11.1. The summed E-state index contributed by atoms with van der Waals surface area (Å²) in [6.45, 7) is 20.4. The number of pyridine rings is 2. The van der Waals surface area contributed by atoms with Crippen molar-refractivity contribution in [3.63, 3.8) is 0 Å². The predicted molar refractivity (Wildman–Crippen MR) is 239 cm³/mol. The molecule has 0 bridgehead atoms. The molecule has 2 aromatic heterocycles. The average molecular weight is 944 g/mol. The van der Waals surface area contributed by atoms with Gasteiger partial charge in [-0.05, 0) is 104 Å². The first-order chi connectivity index (χ1) is 27.2. The number of phenols is 1. The number of nitrogens with zero attached hydrogens (tertiary/aromatic N) is 3. The van der Waals surface area contributed by atoms with Gasteiger partial charge in [0.15, 0.2) is 0 Å². The van der Waals surface area contributed by atoms with Crippen molar-refractivity contribution in [1.82, 2.24) is 9.97 Å². The van der Waals surface area contributed by atoms with Gasteiger partial charge in [0.05, 0.1) is 11.4 Å². The van der Waals surface area contributed by atoms with E-state index in [2.05, 4.69) is 182 Å². The van der Waals surface area contributed by atoms with Crippen molar-refractivity contribution in [2.75, 3.05) is 4.90 Å². The Morgan fingerprint density at radius 3 is 1.76 bits per heavy atom. The molecular formula is C53H54N3OPt-. The first kappa shape index (κ1) is 42.3. The second-order valence-corrected chi connectivity index (χ2v) is 17.3. The van der Waals surface area contributed by atoms with Crippen LogP contribution in [-0.2, 0) is 31.9 Å². The molecule has 7 aromatic rings. The Kier molecular flexibility index (Phi) is 12.6. The number of hydrogen-bond acceptors (Lipinski definition) is 4. The number of benzene rings is 5. The van der Waals surface area contributed by atoms with Crippen LogP contribution in [0.5, 0.6) is 5.75 Å². The number of para-hydroxylation sites is 1. The summed E-state index contributed by atoms with van der Waals surface area (Å²) in [5, 5.41) is 11.1. The largest absolute Gasteiger partial charge is 0.507 e. The fourth-order valence-corrected chi connectivity index (χ4v) is 7.59. The Bertz CT molecular complexity index is 2460. The van der Waals surface area contributed by atoms with E-state index < -0.39 is 0 Å². The summed E-state index contributed by atoms with van der Waals surface area (Å²) in [4.78, 5) is 12.7. The van der Waals surface area contributed by atoms with Gasteiger partial charge in [-0.1, -0.05) is 147 Å². The zero-order valence-corrected chi connectivity index (χ0v) is 37.4. The van der Waals surface area contributed by atoms with E-state index in [1.54, 1.807) is 6.07 Å². The van der Waals surface area contributed by atoms with Gasteiger partial charge in [-0.2, -0.15) is 0 Å². The van der Waals surface area contributed by atoms with Crippen LogP contribution in [0.3, 0.4) is 0 Å². The first-order valence-electron chi connectivity index (χ1n) is 20.1. The van der Waals surface area contributed by atoms with Crippen molar-refractivity contribution in [2.45, 2.75) is 85.0 Å². The third-order valence-electron chi connectivity index (χ3n) is 11.1. The molecule has 0 saturated carbocycles. The maximum atomic E-state index is 11.1. The van der Waals surface area contributed by atoms with Crippen molar-refractivity contribution >= 4 is 17.2 Å². The molecule has 0 aliphatic carbocycles. The van der Waals surface area contributed by atoms with Crippen molar-refractivity contribution in [3.8, 4) is 39.4 Å². The number of hydrogen-bond donors (Lipinski definition) is 1. The number of phenolic OH excluding ortho intramolecular Hbond substituents is 1. The van der Waals surface area contributed by atoms with Crippen LogP contribution in [0.25, 0.3) is 33.6 Å². The third kappa shape index (κ3) is 8.74. The van der Waals surface area contributed by atoms with Gasteiger partial charge in [-0.25, -0.2) is 4.98 Å². The van der Waals surface area contributed by atoms with Crippen LogP contribution in [0.15, 0.2) is 146 Å². The van der Waals surface area contributed by atoms with Gasteiger partial charge in [-0.15, -0.1) is 29.3 Å². The van der Waals surface area contributed by atoms with Crippen LogP contribution in [0.4, 0.5) is 17.2 Å². The zero-order chi connectivity index (χ0) is 40.5. The van der Waals surface area contributed by atoms with Crippen LogP contribution in [0.2, 0.25) is 0 Å². The Morgan fingerprint density at radius 1 is 0.586 bits per heavy atom. The molecule has 5 aromatic carbocycles. The van der Waals surface area contributed by atoms with E-state index in [0.717, 1.165) is 39.6 Å². The number of aromatic nitrogens is 2. The van der Waals surface area contributed by atoms with Crippen LogP contribution in [0, 0.1) is 6.07 Å². The molecular weight excluding hydrogens is 890 g/mol. The van der Waals surface area contributed by atoms with Gasteiger partial charge >= 0.3 is 0 Å². The molecule has 0 saturated heterocycles. The van der Waals surface area contributed by atoms with Gasteiger partial charge in [0.1, 0.15) is 11.6 Å². The molecule has 0 amide bonds. The molecule has 0 radical (unpaired) electrons. The maximum Gasteiger partial charge on any atom is 0.136 e. The molecule has 0 aliphatic rings. The summed E-state index contributed by atoms with van der Waals surface area (Å²) in [5.74, 6) is 1.46. The average Bonchev–Trinajstić information content (AvgIpc) is 3.21. The number of rotatable bonds is 10. The van der Waals surface area contributed by atoms with Gasteiger partial charge < -0.3 is 10.0 Å². The zero-order valence-electron chi connectivity index (χ0n) is 35.1. The molecule has 4 nitrogen and oxygen atoms in total.